The monoisotopic (exact) mass is 345 g/mol. The Morgan fingerprint density at radius 3 is 2.80 bits per heavy atom. The van der Waals surface area contributed by atoms with Gasteiger partial charge in [-0.1, -0.05) is 17.3 Å². The number of benzene rings is 2. The Bertz CT molecular complexity index is 912. The summed E-state index contributed by atoms with van der Waals surface area (Å²) in [7, 11) is 1.55. The second-order valence-corrected chi connectivity index (χ2v) is 5.06. The van der Waals surface area contributed by atoms with Crippen LogP contribution in [0.15, 0.2) is 47.0 Å². The van der Waals surface area contributed by atoms with E-state index in [-0.39, 0.29) is 18.0 Å². The predicted octanol–water partition coefficient (Wildman–Crippen LogP) is 2.95. The van der Waals surface area contributed by atoms with E-state index in [0.29, 0.717) is 17.1 Å². The summed E-state index contributed by atoms with van der Waals surface area (Å²) in [5.41, 5.74) is 0.688. The summed E-state index contributed by atoms with van der Waals surface area (Å²) < 4.78 is 36.2. The highest BCUT2D eigenvalue weighted by Gasteiger charge is 2.13. The number of hydrogen-bond acceptors (Lipinski definition) is 5. The molecule has 0 atom stereocenters. The third kappa shape index (κ3) is 3.79. The van der Waals surface area contributed by atoms with Gasteiger partial charge in [-0.2, -0.15) is 4.98 Å². The summed E-state index contributed by atoms with van der Waals surface area (Å²) in [4.78, 5) is 16.1. The zero-order valence-corrected chi connectivity index (χ0v) is 13.1. The average molecular weight is 345 g/mol. The molecule has 0 aliphatic rings. The second kappa shape index (κ2) is 7.08. The summed E-state index contributed by atoms with van der Waals surface area (Å²) in [6.45, 7) is -0.0468. The third-order valence-corrected chi connectivity index (χ3v) is 3.38. The first-order chi connectivity index (χ1) is 12.1. The lowest BCUT2D eigenvalue weighted by atomic mass is 10.2. The minimum atomic E-state index is -1.09. The van der Waals surface area contributed by atoms with E-state index in [1.807, 2.05) is 0 Å². The summed E-state index contributed by atoms with van der Waals surface area (Å²) in [6, 6.07) is 9.99. The van der Waals surface area contributed by atoms with Crippen LogP contribution in [0.2, 0.25) is 0 Å². The molecule has 1 N–H and O–H groups in total. The molecule has 3 aromatic rings. The van der Waals surface area contributed by atoms with Crippen LogP contribution in [0.25, 0.3) is 11.4 Å². The van der Waals surface area contributed by atoms with E-state index in [9.17, 15) is 13.6 Å². The standard InChI is InChI=1S/C17H13F2N3O3/c1-24-12-4-2-3-10(7-12)16-21-15(25-22-16)9-20-17(23)11-5-6-13(18)14(19)8-11/h2-8H,9H2,1H3,(H,20,23). The third-order valence-electron chi connectivity index (χ3n) is 3.38. The number of amides is 1. The number of carbonyl (C=O) groups is 1. The molecule has 8 heteroatoms. The molecule has 0 saturated heterocycles. The quantitative estimate of drug-likeness (QED) is 0.769. The average Bonchev–Trinajstić information content (AvgIpc) is 3.11. The Labute approximate surface area is 141 Å². The number of hydrogen-bond donors (Lipinski definition) is 1. The maximum Gasteiger partial charge on any atom is 0.251 e. The van der Waals surface area contributed by atoms with E-state index in [4.69, 9.17) is 9.26 Å². The minimum absolute atomic E-state index is 0.00793. The summed E-state index contributed by atoms with van der Waals surface area (Å²) >= 11 is 0. The lowest BCUT2D eigenvalue weighted by molar-refractivity contribution is 0.0945. The number of nitrogens with one attached hydrogen (secondary N) is 1. The SMILES string of the molecule is COc1cccc(-c2noc(CNC(=O)c3ccc(F)c(F)c3)n2)c1. The number of ether oxygens (including phenoxy) is 1. The molecule has 3 rings (SSSR count). The molecule has 0 bridgehead atoms. The van der Waals surface area contributed by atoms with Gasteiger partial charge in [0, 0.05) is 11.1 Å². The summed E-state index contributed by atoms with van der Waals surface area (Å²) in [5.74, 6) is -1.53. The molecule has 1 heterocycles. The van der Waals surface area contributed by atoms with Crippen LogP contribution in [0.3, 0.4) is 0 Å². The van der Waals surface area contributed by atoms with Gasteiger partial charge in [-0.3, -0.25) is 4.79 Å². The maximum atomic E-state index is 13.1. The van der Waals surface area contributed by atoms with Crippen LogP contribution in [-0.4, -0.2) is 23.2 Å². The molecule has 128 valence electrons. The molecule has 6 nitrogen and oxygen atoms in total. The van der Waals surface area contributed by atoms with E-state index in [1.165, 1.54) is 6.07 Å². The van der Waals surface area contributed by atoms with Crippen molar-refractivity contribution in [3.8, 4) is 17.1 Å². The van der Waals surface area contributed by atoms with E-state index < -0.39 is 17.5 Å². The number of halogens is 2. The molecule has 0 fully saturated rings. The number of rotatable bonds is 5. The fraction of sp³-hybridized carbons (Fsp3) is 0.118. The minimum Gasteiger partial charge on any atom is -0.497 e. The van der Waals surface area contributed by atoms with Gasteiger partial charge in [0.15, 0.2) is 11.6 Å². The molecule has 0 aliphatic heterocycles. The van der Waals surface area contributed by atoms with Gasteiger partial charge in [0.1, 0.15) is 5.75 Å². The molecular weight excluding hydrogens is 332 g/mol. The van der Waals surface area contributed by atoms with Gasteiger partial charge in [0.25, 0.3) is 5.91 Å². The molecule has 25 heavy (non-hydrogen) atoms. The van der Waals surface area contributed by atoms with E-state index in [0.717, 1.165) is 12.1 Å². The van der Waals surface area contributed by atoms with Crippen molar-refractivity contribution < 1.29 is 22.8 Å². The van der Waals surface area contributed by atoms with Gasteiger partial charge in [0.2, 0.25) is 11.7 Å². The van der Waals surface area contributed by atoms with Crippen LogP contribution in [0.1, 0.15) is 16.2 Å². The van der Waals surface area contributed by atoms with Crippen molar-refractivity contribution in [2.24, 2.45) is 0 Å². The van der Waals surface area contributed by atoms with Gasteiger partial charge < -0.3 is 14.6 Å². The maximum absolute atomic E-state index is 13.1. The largest absolute Gasteiger partial charge is 0.497 e. The number of carbonyl (C=O) groups excluding carboxylic acids is 1. The Balaban J connectivity index is 1.67. The van der Waals surface area contributed by atoms with Crippen molar-refractivity contribution in [3.05, 3.63) is 65.6 Å². The van der Waals surface area contributed by atoms with Gasteiger partial charge in [0.05, 0.1) is 13.7 Å². The first kappa shape index (κ1) is 16.6. The zero-order chi connectivity index (χ0) is 17.8. The molecule has 1 amide bonds. The zero-order valence-electron chi connectivity index (χ0n) is 13.1. The fourth-order valence-corrected chi connectivity index (χ4v) is 2.10. The van der Waals surface area contributed by atoms with Gasteiger partial charge >= 0.3 is 0 Å². The van der Waals surface area contributed by atoms with Crippen molar-refractivity contribution in [2.75, 3.05) is 7.11 Å². The van der Waals surface area contributed by atoms with E-state index in [2.05, 4.69) is 15.5 Å². The van der Waals surface area contributed by atoms with Crippen LogP contribution in [0.4, 0.5) is 8.78 Å². The van der Waals surface area contributed by atoms with Crippen molar-refractivity contribution in [2.45, 2.75) is 6.54 Å². The van der Waals surface area contributed by atoms with Crippen LogP contribution < -0.4 is 10.1 Å². The van der Waals surface area contributed by atoms with Crippen molar-refractivity contribution in [3.63, 3.8) is 0 Å². The first-order valence-corrected chi connectivity index (χ1v) is 7.27. The Morgan fingerprint density at radius 1 is 1.20 bits per heavy atom. The van der Waals surface area contributed by atoms with E-state index in [1.54, 1.807) is 31.4 Å². The van der Waals surface area contributed by atoms with Crippen LogP contribution in [-0.2, 0) is 6.54 Å². The molecule has 0 radical (unpaired) electrons. The molecule has 2 aromatic carbocycles. The molecule has 0 spiro atoms. The number of aromatic nitrogens is 2. The van der Waals surface area contributed by atoms with E-state index >= 15 is 0 Å². The summed E-state index contributed by atoms with van der Waals surface area (Å²) in [5, 5.41) is 6.34. The Kier molecular flexibility index (Phi) is 4.69. The highest BCUT2D eigenvalue weighted by atomic mass is 19.2. The van der Waals surface area contributed by atoms with Crippen LogP contribution >= 0.6 is 0 Å². The van der Waals surface area contributed by atoms with Gasteiger partial charge in [-0.25, -0.2) is 8.78 Å². The molecule has 0 unspecified atom stereocenters. The number of methoxy groups -OCH3 is 1. The van der Waals surface area contributed by atoms with Crippen molar-refractivity contribution >= 4 is 5.91 Å². The highest BCUT2D eigenvalue weighted by molar-refractivity contribution is 5.94. The van der Waals surface area contributed by atoms with Crippen LogP contribution in [0.5, 0.6) is 5.75 Å². The number of nitrogens with zero attached hydrogens (tertiary/aromatic N) is 2. The molecule has 0 saturated carbocycles. The second-order valence-electron chi connectivity index (χ2n) is 5.06. The lowest BCUT2D eigenvalue weighted by Crippen LogP contribution is -2.23. The van der Waals surface area contributed by atoms with Crippen LogP contribution in [0, 0.1) is 11.6 Å². The Hall–Kier alpha value is -3.29. The molecule has 1 aromatic heterocycles. The first-order valence-electron chi connectivity index (χ1n) is 7.27. The predicted molar refractivity (Wildman–Crippen MR) is 83.8 cm³/mol. The fourth-order valence-electron chi connectivity index (χ4n) is 2.10. The lowest BCUT2D eigenvalue weighted by Gasteiger charge is -2.02. The molecular formula is C17H13F2N3O3. The van der Waals surface area contributed by atoms with Crippen molar-refractivity contribution in [1.29, 1.82) is 0 Å². The summed E-state index contributed by atoms with van der Waals surface area (Å²) in [6.07, 6.45) is 0. The normalized spacial score (nSPS) is 10.5. The van der Waals surface area contributed by atoms with Gasteiger partial charge in [-0.15, -0.1) is 0 Å². The smallest absolute Gasteiger partial charge is 0.251 e. The van der Waals surface area contributed by atoms with Gasteiger partial charge in [-0.05, 0) is 30.3 Å². The Morgan fingerprint density at radius 2 is 2.04 bits per heavy atom. The van der Waals surface area contributed by atoms with Crippen molar-refractivity contribution in [1.82, 2.24) is 15.5 Å². The highest BCUT2D eigenvalue weighted by Crippen LogP contribution is 2.21. The topological polar surface area (TPSA) is 77.3 Å². The molecule has 0 aliphatic carbocycles.